The Hall–Kier alpha value is -2.13. The smallest absolute Gasteiger partial charge is 0.126 e. The molecule has 0 fully saturated rings. The maximum absolute atomic E-state index is 8.52. The lowest BCUT2D eigenvalue weighted by Crippen LogP contribution is -1.96. The van der Waals surface area contributed by atoms with Crippen LogP contribution >= 0.6 is 15.9 Å². The fraction of sp³-hybridized carbons (Fsp3) is 0.353. The second kappa shape index (κ2) is 11.4. The van der Waals surface area contributed by atoms with E-state index in [2.05, 4.69) is 32.8 Å². The summed E-state index contributed by atoms with van der Waals surface area (Å²) in [6.07, 6.45) is 4.93. The predicted octanol–water partition coefficient (Wildman–Crippen LogP) is 4.36. The second-order valence-corrected chi connectivity index (χ2v) is 5.20. The van der Waals surface area contributed by atoms with Crippen molar-refractivity contribution in [2.45, 2.75) is 41.5 Å². The number of aromatic nitrogens is 2. The summed E-state index contributed by atoms with van der Waals surface area (Å²) >= 11 is 3.32. The summed E-state index contributed by atoms with van der Waals surface area (Å²) in [6.45, 7) is 4.04. The monoisotopic (exact) mass is 379 g/mol. The van der Waals surface area contributed by atoms with Crippen molar-refractivity contribution < 1.29 is 0 Å². The Balaban J connectivity index is 0. The molecule has 0 unspecified atom stereocenters. The Bertz CT molecular complexity index is 650. The molecule has 2 aromatic heterocycles. The van der Waals surface area contributed by atoms with E-state index < -0.39 is 0 Å². The van der Waals surface area contributed by atoms with Crippen LogP contribution in [0.25, 0.3) is 0 Å². The van der Waals surface area contributed by atoms with E-state index in [1.807, 2.05) is 19.1 Å². The lowest BCUT2D eigenvalue weighted by atomic mass is 10.1. The molecule has 0 amide bonds. The molecular weight excluding hydrogens is 354 g/mol. The molecule has 126 valence electrons. The van der Waals surface area contributed by atoms with Gasteiger partial charge in [0.15, 0.2) is 0 Å². The zero-order valence-electron chi connectivity index (χ0n) is 12.1. The normalized spacial score (nSPS) is 8.61. The van der Waals surface area contributed by atoms with E-state index >= 15 is 0 Å². The van der Waals surface area contributed by atoms with Gasteiger partial charge in [-0.05, 0) is 52.0 Å². The number of hydrogen-bond acceptors (Lipinski definition) is 5. The minimum absolute atomic E-state index is 0. The van der Waals surface area contributed by atoms with Gasteiger partial charge in [-0.25, -0.2) is 9.97 Å². The van der Waals surface area contributed by atoms with E-state index in [1.54, 1.807) is 12.3 Å². The van der Waals surface area contributed by atoms with Gasteiger partial charge in [0.25, 0.3) is 0 Å². The highest BCUT2D eigenvalue weighted by Crippen LogP contribution is 2.15. The Morgan fingerprint density at radius 1 is 1.00 bits per heavy atom. The Morgan fingerprint density at radius 3 is 1.91 bits per heavy atom. The molecule has 0 saturated carbocycles. The van der Waals surface area contributed by atoms with Crippen LogP contribution in [0.15, 0.2) is 29.0 Å². The van der Waals surface area contributed by atoms with Crippen LogP contribution in [-0.4, -0.2) is 9.97 Å². The molecule has 0 bridgehead atoms. The fourth-order valence-electron chi connectivity index (χ4n) is 1.64. The molecule has 6 heteroatoms. The third kappa shape index (κ3) is 7.11. The van der Waals surface area contributed by atoms with Crippen molar-refractivity contribution in [3.8, 4) is 6.07 Å². The SMILES string of the molecule is C.C.CCc1cc(Br)cnc1N.CCc1cc(C#N)cnc1N. The van der Waals surface area contributed by atoms with E-state index in [1.165, 1.54) is 6.20 Å². The first-order valence-electron chi connectivity index (χ1n) is 6.56. The zero-order chi connectivity index (χ0) is 15.8. The van der Waals surface area contributed by atoms with Crippen LogP contribution in [-0.2, 0) is 12.8 Å². The number of nitrogens with zero attached hydrogens (tertiary/aromatic N) is 3. The number of hydrogen-bond donors (Lipinski definition) is 2. The Kier molecular flexibility index (Phi) is 11.5. The molecule has 2 heterocycles. The number of anilines is 2. The van der Waals surface area contributed by atoms with Crippen molar-refractivity contribution in [3.63, 3.8) is 0 Å². The van der Waals surface area contributed by atoms with Gasteiger partial charge in [0.05, 0.1) is 5.56 Å². The molecule has 0 aliphatic rings. The maximum atomic E-state index is 8.52. The number of nitriles is 1. The summed E-state index contributed by atoms with van der Waals surface area (Å²) in [4.78, 5) is 7.86. The molecular formula is C17H26BrN5. The van der Waals surface area contributed by atoms with Crippen LogP contribution in [0, 0.1) is 11.3 Å². The maximum Gasteiger partial charge on any atom is 0.126 e. The third-order valence-electron chi connectivity index (χ3n) is 2.86. The zero-order valence-corrected chi connectivity index (χ0v) is 13.7. The van der Waals surface area contributed by atoms with E-state index in [-0.39, 0.29) is 14.9 Å². The van der Waals surface area contributed by atoms with Gasteiger partial charge >= 0.3 is 0 Å². The molecule has 0 aliphatic carbocycles. The van der Waals surface area contributed by atoms with Crippen LogP contribution < -0.4 is 11.5 Å². The van der Waals surface area contributed by atoms with E-state index in [0.717, 1.165) is 28.4 Å². The summed E-state index contributed by atoms with van der Waals surface area (Å²) in [6, 6.07) is 5.77. The summed E-state index contributed by atoms with van der Waals surface area (Å²) in [7, 11) is 0. The number of nitrogen functional groups attached to an aromatic ring is 2. The van der Waals surface area contributed by atoms with Crippen LogP contribution in [0.3, 0.4) is 0 Å². The van der Waals surface area contributed by atoms with E-state index in [0.29, 0.717) is 17.2 Å². The molecule has 23 heavy (non-hydrogen) atoms. The Labute approximate surface area is 147 Å². The highest BCUT2D eigenvalue weighted by molar-refractivity contribution is 9.10. The van der Waals surface area contributed by atoms with E-state index in [4.69, 9.17) is 16.7 Å². The molecule has 0 radical (unpaired) electrons. The molecule has 2 aromatic rings. The minimum Gasteiger partial charge on any atom is -0.383 e. The third-order valence-corrected chi connectivity index (χ3v) is 3.29. The fourth-order valence-corrected chi connectivity index (χ4v) is 2.02. The van der Waals surface area contributed by atoms with Gasteiger partial charge in [-0.15, -0.1) is 0 Å². The van der Waals surface area contributed by atoms with Gasteiger partial charge in [0, 0.05) is 16.9 Å². The molecule has 0 atom stereocenters. The predicted molar refractivity (Wildman–Crippen MR) is 102 cm³/mol. The molecule has 0 aromatic carbocycles. The minimum atomic E-state index is 0. The number of aryl methyl sites for hydroxylation is 2. The topological polar surface area (TPSA) is 102 Å². The van der Waals surface area contributed by atoms with Crippen LogP contribution in [0.5, 0.6) is 0 Å². The highest BCUT2D eigenvalue weighted by Gasteiger charge is 1.98. The lowest BCUT2D eigenvalue weighted by Gasteiger charge is -2.00. The van der Waals surface area contributed by atoms with Gasteiger partial charge in [0.1, 0.15) is 17.7 Å². The van der Waals surface area contributed by atoms with E-state index in [9.17, 15) is 0 Å². The van der Waals surface area contributed by atoms with Gasteiger partial charge in [-0.3, -0.25) is 0 Å². The molecule has 0 saturated heterocycles. The van der Waals surface area contributed by atoms with Gasteiger partial charge < -0.3 is 11.5 Å². The molecule has 0 spiro atoms. The van der Waals surface area contributed by atoms with Crippen LogP contribution in [0.1, 0.15) is 45.4 Å². The summed E-state index contributed by atoms with van der Waals surface area (Å²) < 4.78 is 0.985. The van der Waals surface area contributed by atoms with Crippen molar-refractivity contribution in [2.24, 2.45) is 0 Å². The first-order valence-corrected chi connectivity index (χ1v) is 7.35. The van der Waals surface area contributed by atoms with Crippen molar-refractivity contribution in [3.05, 3.63) is 45.7 Å². The molecule has 5 nitrogen and oxygen atoms in total. The largest absolute Gasteiger partial charge is 0.383 e. The first-order chi connectivity index (χ1) is 10.0. The number of nitrogens with two attached hydrogens (primary N) is 2. The summed E-state index contributed by atoms with van der Waals surface area (Å²) in [5, 5.41) is 8.52. The standard InChI is InChI=1S/C8H9N3.C7H9BrN2.2CH4/c1-2-7-3-6(4-9)5-11-8(7)10;1-2-5-3-6(8)4-10-7(5)9;;/h3,5H,2H2,1H3,(H2,10,11);3-4H,2H2,1H3,(H2,9,10);2*1H4. The summed E-state index contributed by atoms with van der Waals surface area (Å²) in [5.41, 5.74) is 13.7. The Morgan fingerprint density at radius 2 is 1.48 bits per heavy atom. The number of halogens is 1. The lowest BCUT2D eigenvalue weighted by molar-refractivity contribution is 1.11. The van der Waals surface area contributed by atoms with Crippen LogP contribution in [0.2, 0.25) is 0 Å². The van der Waals surface area contributed by atoms with Crippen molar-refractivity contribution in [1.29, 1.82) is 5.26 Å². The van der Waals surface area contributed by atoms with Crippen LogP contribution in [0.4, 0.5) is 11.6 Å². The molecule has 4 N–H and O–H groups in total. The van der Waals surface area contributed by atoms with Crippen molar-refractivity contribution >= 4 is 27.6 Å². The molecule has 0 aliphatic heterocycles. The van der Waals surface area contributed by atoms with Gasteiger partial charge in [0.2, 0.25) is 0 Å². The summed E-state index contributed by atoms with van der Waals surface area (Å²) in [5.74, 6) is 1.15. The first kappa shape index (κ1) is 23.1. The second-order valence-electron chi connectivity index (χ2n) is 4.29. The van der Waals surface area contributed by atoms with Gasteiger partial charge in [-0.2, -0.15) is 5.26 Å². The van der Waals surface area contributed by atoms with Crippen molar-refractivity contribution in [1.82, 2.24) is 9.97 Å². The average Bonchev–Trinajstić information content (AvgIpc) is 2.51. The number of rotatable bonds is 2. The van der Waals surface area contributed by atoms with Gasteiger partial charge in [-0.1, -0.05) is 28.7 Å². The highest BCUT2D eigenvalue weighted by atomic mass is 79.9. The van der Waals surface area contributed by atoms with Crippen molar-refractivity contribution in [2.75, 3.05) is 11.5 Å². The number of pyridine rings is 2. The molecule has 2 rings (SSSR count). The quantitative estimate of drug-likeness (QED) is 0.806. The average molecular weight is 380 g/mol.